The highest BCUT2D eigenvalue weighted by Crippen LogP contribution is 2.17. The minimum Gasteiger partial charge on any atom is -0.497 e. The molecule has 0 fully saturated rings. The summed E-state index contributed by atoms with van der Waals surface area (Å²) in [5.74, 6) is 0.707. The lowest BCUT2D eigenvalue weighted by atomic mass is 10.1. The van der Waals surface area contributed by atoms with Gasteiger partial charge in [0.2, 0.25) is 0 Å². The molecule has 3 aromatic rings. The van der Waals surface area contributed by atoms with Crippen molar-refractivity contribution in [2.45, 2.75) is 13.5 Å². The average Bonchev–Trinajstić information content (AvgIpc) is 2.76. The third-order valence-electron chi connectivity index (χ3n) is 4.38. The minimum absolute atomic E-state index is 0.143. The van der Waals surface area contributed by atoms with Crippen LogP contribution < -0.4 is 20.1 Å². The summed E-state index contributed by atoms with van der Waals surface area (Å²) in [5.41, 5.74) is 3.35. The number of anilines is 1. The Morgan fingerprint density at radius 1 is 0.900 bits per heavy atom. The van der Waals surface area contributed by atoms with Crippen LogP contribution in [-0.4, -0.2) is 25.5 Å². The van der Waals surface area contributed by atoms with Gasteiger partial charge in [-0.1, -0.05) is 35.9 Å². The van der Waals surface area contributed by atoms with Crippen molar-refractivity contribution in [3.05, 3.63) is 89.5 Å². The Hall–Kier alpha value is -3.80. The lowest BCUT2D eigenvalue weighted by Crippen LogP contribution is -2.23. The highest BCUT2D eigenvalue weighted by atomic mass is 16.5. The fourth-order valence-electron chi connectivity index (χ4n) is 2.86. The Morgan fingerprint density at radius 3 is 2.40 bits per heavy atom. The molecule has 0 saturated carbocycles. The molecule has 6 nitrogen and oxygen atoms in total. The maximum absolute atomic E-state index is 12.3. The molecule has 3 rings (SSSR count). The van der Waals surface area contributed by atoms with E-state index in [0.717, 1.165) is 11.1 Å². The predicted octanol–water partition coefficient (Wildman–Crippen LogP) is 3.95. The van der Waals surface area contributed by atoms with Gasteiger partial charge in [0.05, 0.1) is 7.11 Å². The second kappa shape index (κ2) is 10.1. The van der Waals surface area contributed by atoms with Crippen LogP contribution in [0.2, 0.25) is 0 Å². The molecule has 2 amide bonds. The van der Waals surface area contributed by atoms with Crippen LogP contribution in [-0.2, 0) is 11.3 Å². The van der Waals surface area contributed by atoms with Gasteiger partial charge in [0.25, 0.3) is 11.8 Å². The molecule has 0 atom stereocenters. The predicted molar refractivity (Wildman–Crippen MR) is 116 cm³/mol. The lowest BCUT2D eigenvalue weighted by Gasteiger charge is -2.09. The molecule has 154 valence electrons. The summed E-state index contributed by atoms with van der Waals surface area (Å²) in [7, 11) is 1.57. The largest absolute Gasteiger partial charge is 0.497 e. The van der Waals surface area contributed by atoms with Crippen LogP contribution in [0.1, 0.15) is 21.5 Å². The summed E-state index contributed by atoms with van der Waals surface area (Å²) in [5, 5.41) is 5.64. The van der Waals surface area contributed by atoms with Crippen LogP contribution in [0.3, 0.4) is 0 Å². The smallest absolute Gasteiger partial charge is 0.262 e. The molecule has 0 saturated heterocycles. The van der Waals surface area contributed by atoms with E-state index in [1.165, 1.54) is 0 Å². The molecule has 30 heavy (non-hydrogen) atoms. The first-order chi connectivity index (χ1) is 14.5. The van der Waals surface area contributed by atoms with Crippen molar-refractivity contribution in [2.75, 3.05) is 19.0 Å². The van der Waals surface area contributed by atoms with Gasteiger partial charge in [-0.2, -0.15) is 0 Å². The van der Waals surface area contributed by atoms with Crippen molar-refractivity contribution in [1.29, 1.82) is 0 Å². The molecule has 0 heterocycles. The highest BCUT2D eigenvalue weighted by Gasteiger charge is 2.08. The van der Waals surface area contributed by atoms with E-state index in [0.29, 0.717) is 29.3 Å². The first-order valence-corrected chi connectivity index (χ1v) is 9.54. The van der Waals surface area contributed by atoms with Crippen molar-refractivity contribution >= 4 is 17.5 Å². The van der Waals surface area contributed by atoms with Gasteiger partial charge < -0.3 is 20.1 Å². The zero-order valence-electron chi connectivity index (χ0n) is 17.0. The van der Waals surface area contributed by atoms with Crippen molar-refractivity contribution < 1.29 is 19.1 Å². The number of hydrogen-bond donors (Lipinski definition) is 2. The van der Waals surface area contributed by atoms with E-state index in [-0.39, 0.29) is 18.4 Å². The molecular formula is C24H24N2O4. The molecule has 0 radical (unpaired) electrons. The van der Waals surface area contributed by atoms with Gasteiger partial charge in [-0.15, -0.1) is 0 Å². The fourth-order valence-corrected chi connectivity index (χ4v) is 2.86. The first-order valence-electron chi connectivity index (χ1n) is 9.54. The maximum Gasteiger partial charge on any atom is 0.262 e. The number of amides is 2. The summed E-state index contributed by atoms with van der Waals surface area (Å²) in [6.07, 6.45) is 0. The molecule has 0 aromatic heterocycles. The van der Waals surface area contributed by atoms with Gasteiger partial charge in [-0.3, -0.25) is 9.59 Å². The Kier molecular flexibility index (Phi) is 7.05. The SMILES string of the molecule is COc1cccc(NC(=O)COc2ccc(C(=O)NCc3cccc(C)c3)cc2)c1. The molecule has 0 unspecified atom stereocenters. The highest BCUT2D eigenvalue weighted by molar-refractivity contribution is 5.94. The lowest BCUT2D eigenvalue weighted by molar-refractivity contribution is -0.118. The number of carbonyl (C=O) groups is 2. The van der Waals surface area contributed by atoms with Crippen molar-refractivity contribution in [2.24, 2.45) is 0 Å². The van der Waals surface area contributed by atoms with Gasteiger partial charge in [0, 0.05) is 23.9 Å². The Labute approximate surface area is 175 Å². The molecule has 0 bridgehead atoms. The van der Waals surface area contributed by atoms with E-state index in [2.05, 4.69) is 10.6 Å². The Balaban J connectivity index is 1.47. The van der Waals surface area contributed by atoms with E-state index < -0.39 is 0 Å². The van der Waals surface area contributed by atoms with Crippen LogP contribution in [0, 0.1) is 6.92 Å². The number of ether oxygens (including phenoxy) is 2. The fraction of sp³-hybridized carbons (Fsp3) is 0.167. The summed E-state index contributed by atoms with van der Waals surface area (Å²) < 4.78 is 10.6. The number of rotatable bonds is 8. The number of benzene rings is 3. The monoisotopic (exact) mass is 404 g/mol. The van der Waals surface area contributed by atoms with Crippen LogP contribution in [0.5, 0.6) is 11.5 Å². The summed E-state index contributed by atoms with van der Waals surface area (Å²) in [4.78, 5) is 24.4. The van der Waals surface area contributed by atoms with Gasteiger partial charge >= 0.3 is 0 Å². The van der Waals surface area contributed by atoms with E-state index >= 15 is 0 Å². The van der Waals surface area contributed by atoms with E-state index in [4.69, 9.17) is 9.47 Å². The second-order valence-corrected chi connectivity index (χ2v) is 6.76. The topological polar surface area (TPSA) is 76.7 Å². The number of methoxy groups -OCH3 is 1. The number of aryl methyl sites for hydroxylation is 1. The minimum atomic E-state index is -0.289. The second-order valence-electron chi connectivity index (χ2n) is 6.76. The van der Waals surface area contributed by atoms with Crippen LogP contribution in [0.4, 0.5) is 5.69 Å². The zero-order valence-corrected chi connectivity index (χ0v) is 17.0. The van der Waals surface area contributed by atoms with Gasteiger partial charge in [0.1, 0.15) is 11.5 Å². The van der Waals surface area contributed by atoms with E-state index in [9.17, 15) is 9.59 Å². The first kappa shape index (κ1) is 20.9. The molecule has 6 heteroatoms. The van der Waals surface area contributed by atoms with Crippen LogP contribution in [0.25, 0.3) is 0 Å². The van der Waals surface area contributed by atoms with E-state index in [1.807, 2.05) is 31.2 Å². The summed E-state index contributed by atoms with van der Waals surface area (Å²) in [6, 6.07) is 21.7. The van der Waals surface area contributed by atoms with Crippen LogP contribution >= 0.6 is 0 Å². The average molecular weight is 404 g/mol. The number of hydrogen-bond acceptors (Lipinski definition) is 4. The number of carbonyl (C=O) groups excluding carboxylic acids is 2. The van der Waals surface area contributed by atoms with Crippen molar-refractivity contribution in [3.63, 3.8) is 0 Å². The van der Waals surface area contributed by atoms with E-state index in [1.54, 1.807) is 55.6 Å². The summed E-state index contributed by atoms with van der Waals surface area (Å²) in [6.45, 7) is 2.33. The third kappa shape index (κ3) is 6.10. The van der Waals surface area contributed by atoms with Crippen molar-refractivity contribution in [3.8, 4) is 11.5 Å². The molecule has 3 aromatic carbocycles. The Morgan fingerprint density at radius 2 is 1.67 bits per heavy atom. The standard InChI is InChI=1S/C24H24N2O4/c1-17-5-3-6-18(13-17)15-25-24(28)19-9-11-21(12-10-19)30-16-23(27)26-20-7-4-8-22(14-20)29-2/h3-14H,15-16H2,1-2H3,(H,25,28)(H,26,27). The molecule has 0 spiro atoms. The quantitative estimate of drug-likeness (QED) is 0.596. The zero-order chi connectivity index (χ0) is 21.3. The Bertz CT molecular complexity index is 1020. The van der Waals surface area contributed by atoms with Gasteiger partial charge in [-0.05, 0) is 48.9 Å². The van der Waals surface area contributed by atoms with Crippen LogP contribution in [0.15, 0.2) is 72.8 Å². The number of nitrogens with one attached hydrogen (secondary N) is 2. The maximum atomic E-state index is 12.3. The van der Waals surface area contributed by atoms with Gasteiger partial charge in [-0.25, -0.2) is 0 Å². The van der Waals surface area contributed by atoms with Crippen molar-refractivity contribution in [1.82, 2.24) is 5.32 Å². The molecule has 0 aliphatic carbocycles. The molecule has 2 N–H and O–H groups in total. The normalized spacial score (nSPS) is 10.2. The molecular weight excluding hydrogens is 380 g/mol. The third-order valence-corrected chi connectivity index (χ3v) is 4.38. The molecule has 0 aliphatic heterocycles. The molecule has 0 aliphatic rings. The summed E-state index contributed by atoms with van der Waals surface area (Å²) >= 11 is 0. The van der Waals surface area contributed by atoms with Gasteiger partial charge in [0.15, 0.2) is 6.61 Å².